The van der Waals surface area contributed by atoms with Crippen molar-refractivity contribution in [2.45, 2.75) is 51.4 Å². The van der Waals surface area contributed by atoms with Gasteiger partial charge in [-0.05, 0) is 48.9 Å². The maximum absolute atomic E-state index is 9.82. The molecule has 0 saturated carbocycles. The Balaban J connectivity index is 1.49. The van der Waals surface area contributed by atoms with Crippen molar-refractivity contribution in [3.8, 4) is 5.75 Å². The fourth-order valence-electron chi connectivity index (χ4n) is 3.28. The van der Waals surface area contributed by atoms with Crippen LogP contribution >= 0.6 is 0 Å². The summed E-state index contributed by atoms with van der Waals surface area (Å²) in [6, 6.07) is 5.95. The van der Waals surface area contributed by atoms with Crippen molar-refractivity contribution in [1.82, 2.24) is 14.8 Å². The number of aromatic nitrogens is 3. The van der Waals surface area contributed by atoms with Crippen molar-refractivity contribution in [2.24, 2.45) is 0 Å². The molecule has 1 aliphatic heterocycles. The van der Waals surface area contributed by atoms with Crippen LogP contribution in [0.2, 0.25) is 0 Å². The van der Waals surface area contributed by atoms with E-state index in [0.29, 0.717) is 6.61 Å². The lowest BCUT2D eigenvalue weighted by atomic mass is 10.1. The summed E-state index contributed by atoms with van der Waals surface area (Å²) in [5.74, 6) is 2.83. The molecule has 0 radical (unpaired) electrons. The molecule has 21 heavy (non-hydrogen) atoms. The van der Waals surface area contributed by atoms with Crippen LogP contribution in [-0.2, 0) is 26.0 Å². The van der Waals surface area contributed by atoms with Gasteiger partial charge in [-0.2, -0.15) is 0 Å². The van der Waals surface area contributed by atoms with Crippen molar-refractivity contribution >= 4 is 0 Å². The minimum absolute atomic E-state index is 0.308. The monoisotopic (exact) mass is 285 g/mol. The SMILES string of the molecule is O[C@H]1CCc2cc(OCc3nnc4n3CCCC4)ccc21. The lowest BCUT2D eigenvalue weighted by Crippen LogP contribution is -2.14. The first-order valence-corrected chi connectivity index (χ1v) is 7.66. The van der Waals surface area contributed by atoms with Gasteiger partial charge in [-0.3, -0.25) is 0 Å². The molecule has 1 aromatic heterocycles. The van der Waals surface area contributed by atoms with Crippen molar-refractivity contribution in [3.05, 3.63) is 41.0 Å². The molecule has 4 rings (SSSR count). The van der Waals surface area contributed by atoms with E-state index in [-0.39, 0.29) is 6.10 Å². The number of hydrogen-bond donors (Lipinski definition) is 1. The molecule has 5 nitrogen and oxygen atoms in total. The predicted octanol–water partition coefficient (Wildman–Crippen LogP) is 2.17. The van der Waals surface area contributed by atoms with Gasteiger partial charge >= 0.3 is 0 Å². The van der Waals surface area contributed by atoms with Crippen molar-refractivity contribution in [1.29, 1.82) is 0 Å². The molecule has 1 aliphatic carbocycles. The van der Waals surface area contributed by atoms with Gasteiger partial charge in [0.05, 0.1) is 6.10 Å². The zero-order valence-electron chi connectivity index (χ0n) is 12.0. The van der Waals surface area contributed by atoms with Crippen LogP contribution in [0.1, 0.15) is 48.1 Å². The van der Waals surface area contributed by atoms with Crippen LogP contribution in [0.4, 0.5) is 0 Å². The fourth-order valence-corrected chi connectivity index (χ4v) is 3.28. The van der Waals surface area contributed by atoms with E-state index in [1.165, 1.54) is 18.4 Å². The summed E-state index contributed by atoms with van der Waals surface area (Å²) in [4.78, 5) is 0. The summed E-state index contributed by atoms with van der Waals surface area (Å²) in [5.41, 5.74) is 2.24. The maximum Gasteiger partial charge on any atom is 0.171 e. The Labute approximate surface area is 123 Å². The van der Waals surface area contributed by atoms with Gasteiger partial charge in [0.2, 0.25) is 0 Å². The zero-order valence-corrected chi connectivity index (χ0v) is 12.0. The number of rotatable bonds is 3. The Kier molecular flexibility index (Phi) is 3.15. The molecule has 2 aliphatic rings. The average molecular weight is 285 g/mol. The molecule has 1 N–H and O–H groups in total. The van der Waals surface area contributed by atoms with Gasteiger partial charge in [-0.25, -0.2) is 0 Å². The molecule has 1 atom stereocenters. The first kappa shape index (κ1) is 12.8. The highest BCUT2D eigenvalue weighted by Gasteiger charge is 2.21. The number of ether oxygens (including phenoxy) is 1. The van der Waals surface area contributed by atoms with E-state index in [9.17, 15) is 5.11 Å². The number of fused-ring (bicyclic) bond motifs is 2. The minimum atomic E-state index is -0.308. The molecule has 1 aromatic carbocycles. The molecule has 110 valence electrons. The number of hydrogen-bond acceptors (Lipinski definition) is 4. The third-order valence-corrected chi connectivity index (χ3v) is 4.46. The van der Waals surface area contributed by atoms with E-state index in [1.807, 2.05) is 18.2 Å². The number of benzene rings is 1. The molecule has 0 saturated heterocycles. The quantitative estimate of drug-likeness (QED) is 0.939. The van der Waals surface area contributed by atoms with Crippen LogP contribution in [0.25, 0.3) is 0 Å². The lowest BCUT2D eigenvalue weighted by molar-refractivity contribution is 0.180. The van der Waals surface area contributed by atoms with E-state index < -0.39 is 0 Å². The third kappa shape index (κ3) is 2.31. The van der Waals surface area contributed by atoms with Gasteiger partial charge in [0.25, 0.3) is 0 Å². The number of aliphatic hydroxyl groups is 1. The van der Waals surface area contributed by atoms with Crippen molar-refractivity contribution < 1.29 is 9.84 Å². The molecule has 0 unspecified atom stereocenters. The molecule has 0 amide bonds. The van der Waals surface area contributed by atoms with E-state index >= 15 is 0 Å². The van der Waals surface area contributed by atoms with Crippen molar-refractivity contribution in [2.75, 3.05) is 0 Å². The van der Waals surface area contributed by atoms with Gasteiger partial charge in [-0.15, -0.1) is 10.2 Å². The molecule has 0 spiro atoms. The van der Waals surface area contributed by atoms with Crippen LogP contribution in [0.15, 0.2) is 18.2 Å². The second kappa shape index (κ2) is 5.15. The Bertz CT molecular complexity index is 666. The highest BCUT2D eigenvalue weighted by molar-refractivity contribution is 5.39. The summed E-state index contributed by atoms with van der Waals surface area (Å²) in [6.07, 6.45) is 4.84. The summed E-state index contributed by atoms with van der Waals surface area (Å²) >= 11 is 0. The van der Waals surface area contributed by atoms with Gasteiger partial charge in [0, 0.05) is 13.0 Å². The first-order chi connectivity index (χ1) is 10.3. The maximum atomic E-state index is 9.82. The summed E-state index contributed by atoms with van der Waals surface area (Å²) in [7, 11) is 0. The molecule has 0 fully saturated rings. The van der Waals surface area contributed by atoms with Gasteiger partial charge in [-0.1, -0.05) is 6.07 Å². The van der Waals surface area contributed by atoms with E-state index in [1.54, 1.807) is 0 Å². The minimum Gasteiger partial charge on any atom is -0.486 e. The van der Waals surface area contributed by atoms with E-state index in [2.05, 4.69) is 14.8 Å². The standard InChI is InChI=1S/C16H19N3O2/c20-14-7-4-11-9-12(5-6-13(11)14)21-10-16-18-17-15-3-1-2-8-19(15)16/h5-6,9,14,20H,1-4,7-8,10H2/t14-/m0/s1. The first-order valence-electron chi connectivity index (χ1n) is 7.66. The Morgan fingerprint density at radius 1 is 1.24 bits per heavy atom. The highest BCUT2D eigenvalue weighted by Crippen LogP contribution is 2.33. The normalized spacial score (nSPS) is 20.1. The molecule has 2 aromatic rings. The van der Waals surface area contributed by atoms with Gasteiger partial charge < -0.3 is 14.4 Å². The van der Waals surface area contributed by atoms with Crippen LogP contribution in [0, 0.1) is 0 Å². The third-order valence-electron chi connectivity index (χ3n) is 4.46. The largest absolute Gasteiger partial charge is 0.486 e. The zero-order chi connectivity index (χ0) is 14.2. The van der Waals surface area contributed by atoms with Crippen LogP contribution in [0.5, 0.6) is 5.75 Å². The van der Waals surface area contributed by atoms with Crippen molar-refractivity contribution in [3.63, 3.8) is 0 Å². The van der Waals surface area contributed by atoms with E-state index in [0.717, 1.165) is 48.8 Å². The number of nitrogens with zero attached hydrogens (tertiary/aromatic N) is 3. The smallest absolute Gasteiger partial charge is 0.171 e. The molecular formula is C16H19N3O2. The van der Waals surface area contributed by atoms with Crippen LogP contribution < -0.4 is 4.74 Å². The van der Waals surface area contributed by atoms with Crippen LogP contribution in [0.3, 0.4) is 0 Å². The number of aliphatic hydroxyl groups excluding tert-OH is 1. The second-order valence-electron chi connectivity index (χ2n) is 5.84. The Morgan fingerprint density at radius 3 is 3.14 bits per heavy atom. The summed E-state index contributed by atoms with van der Waals surface area (Å²) < 4.78 is 8.05. The number of aryl methyl sites for hydroxylation is 2. The highest BCUT2D eigenvalue weighted by atomic mass is 16.5. The van der Waals surface area contributed by atoms with Gasteiger partial charge in [0.15, 0.2) is 5.82 Å². The Morgan fingerprint density at radius 2 is 2.19 bits per heavy atom. The average Bonchev–Trinajstić information content (AvgIpc) is 3.09. The van der Waals surface area contributed by atoms with Crippen LogP contribution in [-0.4, -0.2) is 19.9 Å². The molecule has 2 heterocycles. The second-order valence-corrected chi connectivity index (χ2v) is 5.84. The lowest BCUT2D eigenvalue weighted by Gasteiger charge is -2.15. The molecule has 0 bridgehead atoms. The topological polar surface area (TPSA) is 60.2 Å². The summed E-state index contributed by atoms with van der Waals surface area (Å²) in [5, 5.41) is 18.3. The Hall–Kier alpha value is -1.88. The molecule has 5 heteroatoms. The van der Waals surface area contributed by atoms with Gasteiger partial charge in [0.1, 0.15) is 18.2 Å². The fraction of sp³-hybridized carbons (Fsp3) is 0.500. The predicted molar refractivity (Wildman–Crippen MR) is 77.0 cm³/mol. The summed E-state index contributed by atoms with van der Waals surface area (Å²) in [6.45, 7) is 1.45. The van der Waals surface area contributed by atoms with E-state index in [4.69, 9.17) is 4.74 Å². The molecular weight excluding hydrogens is 266 g/mol.